The second kappa shape index (κ2) is 7.05. The molecule has 0 aliphatic heterocycles. The molecule has 2 rings (SSSR count). The summed E-state index contributed by atoms with van der Waals surface area (Å²) >= 11 is 3.42. The van der Waals surface area contributed by atoms with Crippen LogP contribution in [0.25, 0.3) is 0 Å². The summed E-state index contributed by atoms with van der Waals surface area (Å²) in [6, 6.07) is 14.4. The Bertz CT molecular complexity index is 584. The van der Waals surface area contributed by atoms with Crippen LogP contribution >= 0.6 is 15.9 Å². The number of halogens is 1. The number of hydrogen-bond acceptors (Lipinski definition) is 3. The first-order valence-electron chi connectivity index (χ1n) is 6.20. The molecule has 0 atom stereocenters. The quantitative estimate of drug-likeness (QED) is 0.453. The average molecular weight is 336 g/mol. The van der Waals surface area contributed by atoms with Gasteiger partial charge in [-0.25, -0.2) is 0 Å². The molecular formula is C15H14BrNO3. The van der Waals surface area contributed by atoms with Gasteiger partial charge in [-0.2, -0.15) is 0 Å². The summed E-state index contributed by atoms with van der Waals surface area (Å²) in [6.07, 6.45) is 0.717. The highest BCUT2D eigenvalue weighted by Gasteiger charge is 2.05. The third kappa shape index (κ3) is 3.81. The Hall–Kier alpha value is -1.88. The van der Waals surface area contributed by atoms with E-state index in [1.165, 1.54) is 12.1 Å². The lowest BCUT2D eigenvalue weighted by atomic mass is 10.1. The number of benzene rings is 2. The number of hydrogen-bond donors (Lipinski definition) is 0. The molecule has 0 bridgehead atoms. The van der Waals surface area contributed by atoms with Gasteiger partial charge in [-0.1, -0.05) is 46.3 Å². The van der Waals surface area contributed by atoms with Crippen LogP contribution in [0.3, 0.4) is 0 Å². The highest BCUT2D eigenvalue weighted by Crippen LogP contribution is 2.20. The van der Waals surface area contributed by atoms with Crippen LogP contribution in [0.4, 0.5) is 5.69 Å². The summed E-state index contributed by atoms with van der Waals surface area (Å²) in [5, 5.41) is 11.3. The van der Waals surface area contributed by atoms with Gasteiger partial charge in [-0.3, -0.25) is 10.1 Å². The fourth-order valence-electron chi connectivity index (χ4n) is 1.82. The lowest BCUT2D eigenvalue weighted by Crippen LogP contribution is -2.03. The van der Waals surface area contributed by atoms with E-state index in [2.05, 4.69) is 15.9 Å². The molecule has 0 saturated carbocycles. The van der Waals surface area contributed by atoms with Crippen molar-refractivity contribution in [1.29, 1.82) is 0 Å². The number of nitro groups is 1. The molecule has 2 aromatic rings. The molecule has 0 heterocycles. The second-order valence-electron chi connectivity index (χ2n) is 4.26. The molecule has 2 aromatic carbocycles. The van der Waals surface area contributed by atoms with Gasteiger partial charge < -0.3 is 4.74 Å². The van der Waals surface area contributed by atoms with Gasteiger partial charge in [0.05, 0.1) is 11.5 Å². The third-order valence-electron chi connectivity index (χ3n) is 2.91. The zero-order valence-electron chi connectivity index (χ0n) is 10.8. The van der Waals surface area contributed by atoms with E-state index in [9.17, 15) is 10.1 Å². The molecule has 104 valence electrons. The molecule has 4 nitrogen and oxygen atoms in total. The maximum Gasteiger partial charge on any atom is 0.269 e. The van der Waals surface area contributed by atoms with E-state index in [0.717, 1.165) is 22.2 Å². The predicted molar refractivity (Wildman–Crippen MR) is 81.4 cm³/mol. The van der Waals surface area contributed by atoms with Crippen molar-refractivity contribution in [3.8, 4) is 5.75 Å². The normalized spacial score (nSPS) is 10.2. The van der Waals surface area contributed by atoms with Crippen molar-refractivity contribution < 1.29 is 9.66 Å². The van der Waals surface area contributed by atoms with E-state index in [4.69, 9.17) is 4.74 Å². The summed E-state index contributed by atoms with van der Waals surface area (Å²) in [5.74, 6) is 0.867. The van der Waals surface area contributed by atoms with Gasteiger partial charge in [-0.15, -0.1) is 0 Å². The van der Waals surface area contributed by atoms with E-state index in [0.29, 0.717) is 13.0 Å². The molecule has 0 fully saturated rings. The Morgan fingerprint density at radius 1 is 1.10 bits per heavy atom. The minimum atomic E-state index is -0.396. The molecule has 0 radical (unpaired) electrons. The summed E-state index contributed by atoms with van der Waals surface area (Å²) < 4.78 is 5.75. The number of nitro benzene ring substituents is 1. The zero-order valence-corrected chi connectivity index (χ0v) is 12.4. The third-order valence-corrected chi connectivity index (χ3v) is 3.52. The smallest absolute Gasteiger partial charge is 0.269 e. The summed E-state index contributed by atoms with van der Waals surface area (Å²) in [4.78, 5) is 10.2. The van der Waals surface area contributed by atoms with Crippen molar-refractivity contribution in [2.45, 2.75) is 11.8 Å². The lowest BCUT2D eigenvalue weighted by Gasteiger charge is -2.09. The maximum absolute atomic E-state index is 10.6. The van der Waals surface area contributed by atoms with E-state index >= 15 is 0 Å². The van der Waals surface area contributed by atoms with Crippen LogP contribution in [0.2, 0.25) is 0 Å². The Labute approximate surface area is 125 Å². The van der Waals surface area contributed by atoms with Crippen molar-refractivity contribution in [3.63, 3.8) is 0 Å². The van der Waals surface area contributed by atoms with Crippen molar-refractivity contribution in [3.05, 3.63) is 69.8 Å². The van der Waals surface area contributed by atoms with Gasteiger partial charge in [0.2, 0.25) is 0 Å². The van der Waals surface area contributed by atoms with Gasteiger partial charge in [0.15, 0.2) is 0 Å². The number of ether oxygens (including phenoxy) is 1. The fraction of sp³-hybridized carbons (Fsp3) is 0.200. The van der Waals surface area contributed by atoms with Crippen LogP contribution in [-0.4, -0.2) is 11.5 Å². The van der Waals surface area contributed by atoms with Crippen LogP contribution < -0.4 is 4.74 Å². The molecule has 0 unspecified atom stereocenters. The van der Waals surface area contributed by atoms with Crippen LogP contribution in [0.15, 0.2) is 48.5 Å². The first-order valence-corrected chi connectivity index (χ1v) is 7.33. The summed E-state index contributed by atoms with van der Waals surface area (Å²) in [7, 11) is 0. The van der Waals surface area contributed by atoms with Crippen molar-refractivity contribution >= 4 is 21.6 Å². The highest BCUT2D eigenvalue weighted by molar-refractivity contribution is 9.08. The average Bonchev–Trinajstić information content (AvgIpc) is 2.48. The Balaban J connectivity index is 1.91. The summed E-state index contributed by atoms with van der Waals surface area (Å²) in [5.41, 5.74) is 2.24. The van der Waals surface area contributed by atoms with Gasteiger partial charge in [0.25, 0.3) is 5.69 Å². The molecule has 0 aliphatic carbocycles. The molecule has 0 amide bonds. The minimum absolute atomic E-state index is 0.110. The number of nitrogens with zero attached hydrogens (tertiary/aromatic N) is 1. The SMILES string of the molecule is O=[N+]([O-])c1ccc(CCOc2ccccc2CBr)cc1. The molecule has 0 spiro atoms. The van der Waals surface area contributed by atoms with Crippen molar-refractivity contribution in [1.82, 2.24) is 0 Å². The molecule has 0 aromatic heterocycles. The minimum Gasteiger partial charge on any atom is -0.493 e. The standard InChI is InChI=1S/C15H14BrNO3/c16-11-13-3-1-2-4-15(13)20-10-9-12-5-7-14(8-6-12)17(18)19/h1-8H,9-11H2. The summed E-state index contributed by atoms with van der Waals surface area (Å²) in [6.45, 7) is 0.543. The molecule has 0 N–H and O–H groups in total. The van der Waals surface area contributed by atoms with Gasteiger partial charge in [0, 0.05) is 29.4 Å². The largest absolute Gasteiger partial charge is 0.493 e. The van der Waals surface area contributed by atoms with Crippen molar-refractivity contribution in [2.24, 2.45) is 0 Å². The van der Waals surface area contributed by atoms with Crippen LogP contribution in [0, 0.1) is 10.1 Å². The molecule has 5 heteroatoms. The first kappa shape index (κ1) is 14.5. The van der Waals surface area contributed by atoms with Gasteiger partial charge >= 0.3 is 0 Å². The molecule has 0 aliphatic rings. The van der Waals surface area contributed by atoms with E-state index < -0.39 is 4.92 Å². The Morgan fingerprint density at radius 2 is 1.80 bits per heavy atom. The van der Waals surface area contributed by atoms with Crippen LogP contribution in [0.5, 0.6) is 5.75 Å². The highest BCUT2D eigenvalue weighted by atomic mass is 79.9. The Morgan fingerprint density at radius 3 is 2.45 bits per heavy atom. The van der Waals surface area contributed by atoms with E-state index in [1.54, 1.807) is 12.1 Å². The van der Waals surface area contributed by atoms with Crippen LogP contribution in [0.1, 0.15) is 11.1 Å². The number of alkyl halides is 1. The lowest BCUT2D eigenvalue weighted by molar-refractivity contribution is -0.384. The number of non-ortho nitro benzene ring substituents is 1. The van der Waals surface area contributed by atoms with Gasteiger partial charge in [0.1, 0.15) is 5.75 Å². The predicted octanol–water partition coefficient (Wildman–Crippen LogP) is 4.11. The molecule has 20 heavy (non-hydrogen) atoms. The van der Waals surface area contributed by atoms with E-state index in [-0.39, 0.29) is 5.69 Å². The monoisotopic (exact) mass is 335 g/mol. The fourth-order valence-corrected chi connectivity index (χ4v) is 2.28. The topological polar surface area (TPSA) is 52.4 Å². The number of para-hydroxylation sites is 1. The number of rotatable bonds is 6. The Kier molecular flexibility index (Phi) is 5.12. The van der Waals surface area contributed by atoms with E-state index in [1.807, 2.05) is 24.3 Å². The first-order chi connectivity index (χ1) is 9.70. The second-order valence-corrected chi connectivity index (χ2v) is 4.82. The zero-order chi connectivity index (χ0) is 14.4. The maximum atomic E-state index is 10.6. The molecule has 0 saturated heterocycles. The molecular weight excluding hydrogens is 322 g/mol. The van der Waals surface area contributed by atoms with Crippen LogP contribution in [-0.2, 0) is 11.8 Å². The van der Waals surface area contributed by atoms with Gasteiger partial charge in [-0.05, 0) is 11.6 Å². The van der Waals surface area contributed by atoms with Crippen molar-refractivity contribution in [2.75, 3.05) is 6.61 Å².